The quantitative estimate of drug-likeness (QED) is 0.865. The second kappa shape index (κ2) is 6.29. The number of primary amides is 1. The molecule has 6 heteroatoms. The van der Waals surface area contributed by atoms with Gasteiger partial charge in [-0.2, -0.15) is 0 Å². The van der Waals surface area contributed by atoms with Crippen LogP contribution in [0.15, 0.2) is 23.2 Å². The van der Waals surface area contributed by atoms with Crippen LogP contribution in [0.2, 0.25) is 0 Å². The lowest BCUT2D eigenvalue weighted by molar-refractivity contribution is -0.121. The van der Waals surface area contributed by atoms with E-state index in [0.29, 0.717) is 19.1 Å². The van der Waals surface area contributed by atoms with Gasteiger partial charge < -0.3 is 20.5 Å². The van der Waals surface area contributed by atoms with Gasteiger partial charge in [0.25, 0.3) is 0 Å². The van der Waals surface area contributed by atoms with E-state index < -0.39 is 17.9 Å². The monoisotopic (exact) mass is 317 g/mol. The molecule has 0 saturated carbocycles. The predicted octanol–water partition coefficient (Wildman–Crippen LogP) is 0.943. The standard InChI is InChI=1S/C17H23N3O3/c1-20-12(9-23-2)5-6-15(20)19-11-4-3-10-7-14(21)16(17(18)22)13(10)8-11/h3-4,8,12,14,16,21H,5-7,9H2,1-2H3,(H2,18,22)/t12-,14-,16-/m1/s1. The molecule has 1 aromatic rings. The summed E-state index contributed by atoms with van der Waals surface area (Å²) in [5.74, 6) is -0.104. The highest BCUT2D eigenvalue weighted by atomic mass is 16.5. The number of carbonyl (C=O) groups excluding carboxylic acids is 1. The number of methoxy groups -OCH3 is 1. The van der Waals surface area contributed by atoms with Crippen LogP contribution in [-0.4, -0.2) is 54.7 Å². The smallest absolute Gasteiger partial charge is 0.227 e. The van der Waals surface area contributed by atoms with Gasteiger partial charge in [-0.25, -0.2) is 4.99 Å². The number of hydrogen-bond donors (Lipinski definition) is 2. The summed E-state index contributed by atoms with van der Waals surface area (Å²) in [6.07, 6.45) is 1.67. The first-order valence-corrected chi connectivity index (χ1v) is 7.90. The maximum atomic E-state index is 11.6. The Bertz CT molecular complexity index is 644. The Morgan fingerprint density at radius 3 is 3.00 bits per heavy atom. The third kappa shape index (κ3) is 2.96. The van der Waals surface area contributed by atoms with Crippen LogP contribution < -0.4 is 5.73 Å². The van der Waals surface area contributed by atoms with Gasteiger partial charge in [0.05, 0.1) is 30.4 Å². The van der Waals surface area contributed by atoms with Crippen molar-refractivity contribution < 1.29 is 14.6 Å². The molecule has 0 unspecified atom stereocenters. The minimum atomic E-state index is -0.731. The number of likely N-dealkylation sites (N-methyl/N-ethyl adjacent to an activating group) is 1. The minimum absolute atomic E-state index is 0.355. The fraction of sp³-hybridized carbons (Fsp3) is 0.529. The second-order valence-electron chi connectivity index (χ2n) is 6.32. The summed E-state index contributed by atoms with van der Waals surface area (Å²) in [4.78, 5) is 18.5. The number of aliphatic imine (C=N–C) groups is 1. The van der Waals surface area contributed by atoms with Crippen molar-refractivity contribution >= 4 is 17.4 Å². The minimum Gasteiger partial charge on any atom is -0.392 e. The van der Waals surface area contributed by atoms with E-state index in [9.17, 15) is 9.90 Å². The number of carbonyl (C=O) groups is 1. The Labute approximate surface area is 135 Å². The van der Waals surface area contributed by atoms with Gasteiger partial charge in [-0.05, 0) is 36.1 Å². The Morgan fingerprint density at radius 1 is 1.52 bits per heavy atom. The van der Waals surface area contributed by atoms with Crippen LogP contribution in [0.25, 0.3) is 0 Å². The predicted molar refractivity (Wildman–Crippen MR) is 87.8 cm³/mol. The van der Waals surface area contributed by atoms with E-state index in [2.05, 4.69) is 4.90 Å². The SMILES string of the molecule is COC[C@H]1CCC(=Nc2ccc3c(c2)[C@@H](C(N)=O)[C@H](O)C3)N1C. The summed E-state index contributed by atoms with van der Waals surface area (Å²) in [5.41, 5.74) is 8.01. The Morgan fingerprint density at radius 2 is 2.30 bits per heavy atom. The maximum Gasteiger partial charge on any atom is 0.227 e. The molecule has 1 aliphatic carbocycles. The molecule has 0 spiro atoms. The summed E-state index contributed by atoms with van der Waals surface area (Å²) in [6.45, 7) is 0.690. The van der Waals surface area contributed by atoms with Crippen molar-refractivity contribution in [3.05, 3.63) is 29.3 Å². The summed E-state index contributed by atoms with van der Waals surface area (Å²) >= 11 is 0. The highest BCUT2D eigenvalue weighted by molar-refractivity contribution is 5.88. The normalized spacial score (nSPS) is 28.4. The van der Waals surface area contributed by atoms with Crippen LogP contribution in [0.3, 0.4) is 0 Å². The first-order valence-electron chi connectivity index (χ1n) is 7.90. The molecule has 1 aliphatic heterocycles. The fourth-order valence-corrected chi connectivity index (χ4v) is 3.57. The van der Waals surface area contributed by atoms with Crippen LogP contribution >= 0.6 is 0 Å². The van der Waals surface area contributed by atoms with E-state index in [-0.39, 0.29) is 0 Å². The van der Waals surface area contributed by atoms with Gasteiger partial charge in [0.2, 0.25) is 5.91 Å². The van der Waals surface area contributed by atoms with Crippen LogP contribution in [0.1, 0.15) is 29.9 Å². The number of nitrogens with zero attached hydrogens (tertiary/aromatic N) is 2. The number of ether oxygens (including phenoxy) is 1. The van der Waals surface area contributed by atoms with Crippen LogP contribution in [0.5, 0.6) is 0 Å². The number of aliphatic hydroxyl groups is 1. The van der Waals surface area contributed by atoms with E-state index in [1.165, 1.54) is 0 Å². The Hall–Kier alpha value is -1.92. The van der Waals surface area contributed by atoms with E-state index in [1.54, 1.807) is 7.11 Å². The number of benzene rings is 1. The topological polar surface area (TPSA) is 88.2 Å². The van der Waals surface area contributed by atoms with Gasteiger partial charge in [-0.3, -0.25) is 4.79 Å². The van der Waals surface area contributed by atoms with Crippen molar-refractivity contribution in [1.82, 2.24) is 4.90 Å². The number of amidine groups is 1. The average molecular weight is 317 g/mol. The molecule has 1 heterocycles. The molecule has 0 aromatic heterocycles. The number of fused-ring (bicyclic) bond motifs is 1. The molecule has 0 bridgehead atoms. The third-order valence-electron chi connectivity index (χ3n) is 4.86. The number of rotatable bonds is 4. The first-order chi connectivity index (χ1) is 11.0. The molecule has 1 amide bonds. The molecule has 1 fully saturated rings. The molecule has 1 aromatic carbocycles. The summed E-state index contributed by atoms with van der Waals surface area (Å²) in [6, 6.07) is 6.10. The number of likely N-dealkylation sites (tertiary alicyclic amines) is 1. The molecule has 3 atom stereocenters. The van der Waals surface area contributed by atoms with Gasteiger partial charge in [0.15, 0.2) is 0 Å². The zero-order valence-corrected chi connectivity index (χ0v) is 13.5. The Balaban J connectivity index is 1.86. The zero-order chi connectivity index (χ0) is 16.6. The maximum absolute atomic E-state index is 11.6. The van der Waals surface area contributed by atoms with Crippen molar-refractivity contribution in [2.45, 2.75) is 37.3 Å². The van der Waals surface area contributed by atoms with Crippen LogP contribution in [0.4, 0.5) is 5.69 Å². The van der Waals surface area contributed by atoms with Gasteiger partial charge in [-0.1, -0.05) is 6.07 Å². The number of amides is 1. The van der Waals surface area contributed by atoms with Crippen LogP contribution in [0, 0.1) is 0 Å². The summed E-state index contributed by atoms with van der Waals surface area (Å²) in [5, 5.41) is 10.0. The molecule has 124 valence electrons. The molecule has 23 heavy (non-hydrogen) atoms. The molecule has 3 N–H and O–H groups in total. The van der Waals surface area contributed by atoms with E-state index in [4.69, 9.17) is 15.5 Å². The molecule has 6 nitrogen and oxygen atoms in total. The largest absolute Gasteiger partial charge is 0.392 e. The van der Waals surface area contributed by atoms with Crippen molar-refractivity contribution in [2.24, 2.45) is 10.7 Å². The highest BCUT2D eigenvalue weighted by Crippen LogP contribution is 2.36. The number of aliphatic hydroxyl groups excluding tert-OH is 1. The van der Waals surface area contributed by atoms with E-state index >= 15 is 0 Å². The van der Waals surface area contributed by atoms with Crippen molar-refractivity contribution in [3.63, 3.8) is 0 Å². The lowest BCUT2D eigenvalue weighted by Gasteiger charge is -2.21. The van der Waals surface area contributed by atoms with Gasteiger partial charge in [0, 0.05) is 20.6 Å². The molecule has 1 saturated heterocycles. The summed E-state index contributed by atoms with van der Waals surface area (Å²) in [7, 11) is 3.73. The fourth-order valence-electron chi connectivity index (χ4n) is 3.57. The van der Waals surface area contributed by atoms with Gasteiger partial charge in [0.1, 0.15) is 5.84 Å². The van der Waals surface area contributed by atoms with E-state index in [0.717, 1.165) is 35.5 Å². The number of nitrogens with two attached hydrogens (primary N) is 1. The second-order valence-corrected chi connectivity index (χ2v) is 6.32. The lowest BCUT2D eigenvalue weighted by Crippen LogP contribution is -2.32. The molecule has 0 radical (unpaired) electrons. The number of hydrogen-bond acceptors (Lipinski definition) is 4. The van der Waals surface area contributed by atoms with Gasteiger partial charge >= 0.3 is 0 Å². The Kier molecular flexibility index (Phi) is 4.37. The van der Waals surface area contributed by atoms with Gasteiger partial charge in [-0.15, -0.1) is 0 Å². The molecule has 2 aliphatic rings. The van der Waals surface area contributed by atoms with Crippen molar-refractivity contribution in [2.75, 3.05) is 20.8 Å². The van der Waals surface area contributed by atoms with Crippen molar-refractivity contribution in [3.8, 4) is 0 Å². The van der Waals surface area contributed by atoms with Crippen molar-refractivity contribution in [1.29, 1.82) is 0 Å². The third-order valence-corrected chi connectivity index (χ3v) is 4.86. The highest BCUT2D eigenvalue weighted by Gasteiger charge is 2.35. The molecule has 3 rings (SSSR count). The average Bonchev–Trinajstić information content (AvgIpc) is 3.00. The summed E-state index contributed by atoms with van der Waals surface area (Å²) < 4.78 is 5.23. The molecular formula is C17H23N3O3. The zero-order valence-electron chi connectivity index (χ0n) is 13.5. The lowest BCUT2D eigenvalue weighted by atomic mass is 9.99. The molecular weight excluding hydrogens is 294 g/mol. The van der Waals surface area contributed by atoms with E-state index in [1.807, 2.05) is 25.2 Å². The van der Waals surface area contributed by atoms with Crippen LogP contribution in [-0.2, 0) is 16.0 Å². The first kappa shape index (κ1) is 16.0.